The third-order valence-electron chi connectivity index (χ3n) is 3.67. The number of rotatable bonds is 5. The van der Waals surface area contributed by atoms with Crippen LogP contribution in [-0.2, 0) is 23.0 Å². The molecule has 0 aliphatic carbocycles. The molecule has 1 unspecified atom stereocenters. The van der Waals surface area contributed by atoms with Gasteiger partial charge in [-0.15, -0.1) is 0 Å². The number of hydrogen-bond acceptors (Lipinski definition) is 4. The fourth-order valence-corrected chi connectivity index (χ4v) is 2.82. The molecule has 1 fully saturated rings. The summed E-state index contributed by atoms with van der Waals surface area (Å²) < 4.78 is 7.22. The highest BCUT2D eigenvalue weighted by molar-refractivity contribution is 6.30. The standard InChI is InChI=1S/C14H22ClN3O2/c1-4-5-18-6-7-20-13(9-18)12(19)8-11-10(2)16-17(3)14(11)15/h13H,4-9H2,1-3H3. The molecule has 0 bridgehead atoms. The molecular formula is C14H22ClN3O2. The topological polar surface area (TPSA) is 47.4 Å². The molecule has 1 aromatic heterocycles. The lowest BCUT2D eigenvalue weighted by molar-refractivity contribution is -0.135. The van der Waals surface area contributed by atoms with Crippen molar-refractivity contribution in [3.8, 4) is 0 Å². The van der Waals surface area contributed by atoms with E-state index >= 15 is 0 Å². The van der Waals surface area contributed by atoms with Gasteiger partial charge < -0.3 is 4.74 Å². The van der Waals surface area contributed by atoms with Crippen LogP contribution in [0.2, 0.25) is 5.15 Å². The highest BCUT2D eigenvalue weighted by Gasteiger charge is 2.27. The molecule has 1 aliphatic rings. The Morgan fingerprint density at radius 2 is 2.30 bits per heavy atom. The number of carbonyl (C=O) groups excluding carboxylic acids is 1. The minimum Gasteiger partial charge on any atom is -0.368 e. The lowest BCUT2D eigenvalue weighted by atomic mass is 10.0. The van der Waals surface area contributed by atoms with Crippen molar-refractivity contribution in [1.29, 1.82) is 0 Å². The van der Waals surface area contributed by atoms with Crippen LogP contribution in [0.1, 0.15) is 24.6 Å². The number of nitrogens with zero attached hydrogens (tertiary/aromatic N) is 3. The molecule has 6 heteroatoms. The maximum atomic E-state index is 12.4. The molecule has 2 heterocycles. The van der Waals surface area contributed by atoms with Gasteiger partial charge in [0.25, 0.3) is 0 Å². The van der Waals surface area contributed by atoms with Gasteiger partial charge in [0.2, 0.25) is 0 Å². The Morgan fingerprint density at radius 3 is 2.90 bits per heavy atom. The molecule has 1 aromatic rings. The number of morpholine rings is 1. The van der Waals surface area contributed by atoms with Crippen LogP contribution in [0.3, 0.4) is 0 Å². The molecule has 2 rings (SSSR count). The number of hydrogen-bond donors (Lipinski definition) is 0. The van der Waals surface area contributed by atoms with Crippen LogP contribution in [0, 0.1) is 6.92 Å². The first-order chi connectivity index (χ1) is 9.52. The highest BCUT2D eigenvalue weighted by Crippen LogP contribution is 2.20. The summed E-state index contributed by atoms with van der Waals surface area (Å²) >= 11 is 6.17. The lowest BCUT2D eigenvalue weighted by Gasteiger charge is -2.31. The molecule has 1 atom stereocenters. The third-order valence-corrected chi connectivity index (χ3v) is 4.14. The molecule has 5 nitrogen and oxygen atoms in total. The van der Waals surface area contributed by atoms with E-state index < -0.39 is 0 Å². The monoisotopic (exact) mass is 299 g/mol. The smallest absolute Gasteiger partial charge is 0.167 e. The zero-order chi connectivity index (χ0) is 14.7. The van der Waals surface area contributed by atoms with Gasteiger partial charge in [-0.25, -0.2) is 0 Å². The van der Waals surface area contributed by atoms with Gasteiger partial charge in [-0.05, 0) is 19.9 Å². The Morgan fingerprint density at radius 1 is 1.55 bits per heavy atom. The number of ketones is 1. The Hall–Kier alpha value is -0.910. The van der Waals surface area contributed by atoms with Crippen LogP contribution in [-0.4, -0.2) is 52.8 Å². The van der Waals surface area contributed by atoms with E-state index in [2.05, 4.69) is 16.9 Å². The van der Waals surface area contributed by atoms with Crippen LogP contribution in [0.15, 0.2) is 0 Å². The first-order valence-electron chi connectivity index (χ1n) is 7.07. The summed E-state index contributed by atoms with van der Waals surface area (Å²) in [6.45, 7) is 7.24. The number of Topliss-reactive ketones (excluding diaryl/α,β-unsaturated/α-hetero) is 1. The molecule has 20 heavy (non-hydrogen) atoms. The number of halogens is 1. The van der Waals surface area contributed by atoms with Gasteiger partial charge in [0.05, 0.1) is 12.3 Å². The first kappa shape index (κ1) is 15.5. The van der Waals surface area contributed by atoms with Crippen molar-refractivity contribution in [2.24, 2.45) is 7.05 Å². The maximum absolute atomic E-state index is 12.4. The second-order valence-corrected chi connectivity index (χ2v) is 5.64. The van der Waals surface area contributed by atoms with Gasteiger partial charge in [-0.2, -0.15) is 5.10 Å². The van der Waals surface area contributed by atoms with E-state index in [0.29, 0.717) is 24.7 Å². The molecule has 112 valence electrons. The summed E-state index contributed by atoms with van der Waals surface area (Å²) in [4.78, 5) is 14.7. The summed E-state index contributed by atoms with van der Waals surface area (Å²) in [5.74, 6) is 0.0869. The predicted molar refractivity (Wildman–Crippen MR) is 78.1 cm³/mol. The van der Waals surface area contributed by atoms with Crippen molar-refractivity contribution < 1.29 is 9.53 Å². The van der Waals surface area contributed by atoms with Crippen molar-refractivity contribution in [1.82, 2.24) is 14.7 Å². The fourth-order valence-electron chi connectivity index (χ4n) is 2.58. The van der Waals surface area contributed by atoms with Gasteiger partial charge in [-0.3, -0.25) is 14.4 Å². The molecular weight excluding hydrogens is 278 g/mol. The molecule has 1 aliphatic heterocycles. The Labute approximate surface area is 124 Å². The van der Waals surface area contributed by atoms with E-state index in [1.807, 2.05) is 6.92 Å². The molecule has 0 saturated carbocycles. The highest BCUT2D eigenvalue weighted by atomic mass is 35.5. The molecule has 0 amide bonds. The first-order valence-corrected chi connectivity index (χ1v) is 7.45. The Balaban J connectivity index is 2.01. The zero-order valence-corrected chi connectivity index (χ0v) is 13.1. The third kappa shape index (κ3) is 3.40. The molecule has 0 N–H and O–H groups in total. The van der Waals surface area contributed by atoms with Crippen LogP contribution < -0.4 is 0 Å². The predicted octanol–water partition coefficient (Wildman–Crippen LogP) is 1.60. The molecule has 1 saturated heterocycles. The summed E-state index contributed by atoms with van der Waals surface area (Å²) in [6.07, 6.45) is 1.04. The van der Waals surface area contributed by atoms with Crippen molar-refractivity contribution in [3.63, 3.8) is 0 Å². The van der Waals surface area contributed by atoms with Crippen molar-refractivity contribution in [3.05, 3.63) is 16.4 Å². The maximum Gasteiger partial charge on any atom is 0.167 e. The van der Waals surface area contributed by atoms with E-state index in [4.69, 9.17) is 16.3 Å². The van der Waals surface area contributed by atoms with E-state index in [9.17, 15) is 4.79 Å². The molecule has 0 radical (unpaired) electrons. The average molecular weight is 300 g/mol. The largest absolute Gasteiger partial charge is 0.368 e. The van der Waals surface area contributed by atoms with Crippen LogP contribution in [0.25, 0.3) is 0 Å². The minimum atomic E-state index is -0.342. The molecule has 0 aromatic carbocycles. The van der Waals surface area contributed by atoms with Crippen LogP contribution in [0.4, 0.5) is 0 Å². The van der Waals surface area contributed by atoms with Gasteiger partial charge in [-0.1, -0.05) is 18.5 Å². The Bertz CT molecular complexity index is 485. The summed E-state index contributed by atoms with van der Waals surface area (Å²) in [5, 5.41) is 4.77. The number of ether oxygens (including phenoxy) is 1. The second kappa shape index (κ2) is 6.70. The Kier molecular flexibility index (Phi) is 5.18. The van der Waals surface area contributed by atoms with E-state index in [1.54, 1.807) is 11.7 Å². The quantitative estimate of drug-likeness (QED) is 0.829. The SMILES string of the molecule is CCCN1CCOC(C(=O)Cc2c(C)nn(C)c2Cl)C1. The van der Waals surface area contributed by atoms with Crippen molar-refractivity contribution >= 4 is 17.4 Å². The molecule has 0 spiro atoms. The average Bonchev–Trinajstić information content (AvgIpc) is 2.66. The normalized spacial score (nSPS) is 20.3. The van der Waals surface area contributed by atoms with Crippen molar-refractivity contribution in [2.75, 3.05) is 26.2 Å². The minimum absolute atomic E-state index is 0.0869. The van der Waals surface area contributed by atoms with Gasteiger partial charge >= 0.3 is 0 Å². The van der Waals surface area contributed by atoms with Gasteiger partial charge in [0, 0.05) is 32.1 Å². The van der Waals surface area contributed by atoms with E-state index in [-0.39, 0.29) is 11.9 Å². The number of aryl methyl sites for hydroxylation is 2. The number of carbonyl (C=O) groups is 1. The summed E-state index contributed by atoms with van der Waals surface area (Å²) in [7, 11) is 1.78. The zero-order valence-electron chi connectivity index (χ0n) is 12.4. The lowest BCUT2D eigenvalue weighted by Crippen LogP contribution is -2.46. The van der Waals surface area contributed by atoms with E-state index in [1.165, 1.54) is 0 Å². The van der Waals surface area contributed by atoms with Gasteiger partial charge in [0.15, 0.2) is 5.78 Å². The fraction of sp³-hybridized carbons (Fsp3) is 0.714. The second-order valence-electron chi connectivity index (χ2n) is 5.28. The van der Waals surface area contributed by atoms with E-state index in [0.717, 1.165) is 30.8 Å². The number of aromatic nitrogens is 2. The van der Waals surface area contributed by atoms with Gasteiger partial charge in [0.1, 0.15) is 11.3 Å². The summed E-state index contributed by atoms with van der Waals surface area (Å²) in [6, 6.07) is 0. The van der Waals surface area contributed by atoms with Crippen LogP contribution in [0.5, 0.6) is 0 Å². The summed E-state index contributed by atoms with van der Waals surface area (Å²) in [5.41, 5.74) is 1.63. The van der Waals surface area contributed by atoms with Crippen molar-refractivity contribution in [2.45, 2.75) is 32.8 Å². The van der Waals surface area contributed by atoms with Crippen LogP contribution >= 0.6 is 11.6 Å².